The number of alkyl halides is 3. The normalized spacial score (nSPS) is 11.3. The van der Waals surface area contributed by atoms with E-state index in [4.69, 9.17) is 102 Å². The molecule has 0 spiro atoms. The maximum absolute atomic E-state index is 12.4. The number of halogens is 4. The average molecular weight is 2000 g/mol. The third-order valence-corrected chi connectivity index (χ3v) is 25.2. The number of unbranched alkanes of at least 4 members (excludes halogenated alkanes) is 12. The molecular weight excluding hydrogens is 1870 g/mol. The van der Waals surface area contributed by atoms with E-state index < -0.39 is 58.9 Å². The fourth-order valence-corrected chi connectivity index (χ4v) is 17.4. The molecule has 0 atom stereocenters. The third kappa shape index (κ3) is 36.0. The summed E-state index contributed by atoms with van der Waals surface area (Å²) in [6.45, 7) is 4.94. The van der Waals surface area contributed by atoms with E-state index in [0.717, 1.165) is 248 Å². The fourth-order valence-electron chi connectivity index (χ4n) is 16.6. The Balaban J connectivity index is 0.000000165. The Hall–Kier alpha value is -12.1. The molecule has 0 unspecified atom stereocenters. The number of nitrogen functional groups attached to an aromatic ring is 1. The van der Waals surface area contributed by atoms with Crippen LogP contribution < -0.4 is 30.6 Å². The number of sulfone groups is 1. The molecule has 0 aliphatic heterocycles. The van der Waals surface area contributed by atoms with Gasteiger partial charge in [0.15, 0.2) is 9.84 Å². The van der Waals surface area contributed by atoms with Gasteiger partial charge in [0.05, 0.1) is 63.2 Å². The van der Waals surface area contributed by atoms with Crippen LogP contribution in [-0.4, -0.2) is 186 Å². The quantitative estimate of drug-likeness (QED) is 0.00957. The SMILES string of the molecule is COc1ccc(Nc2nc3ccccc3n2CCCCCB(O)O)cc1.COc1cccc(Nc2nc3ccccc3n2CCCCCB(O)O)c1.CS(=O)(=O)c1ccc(-c2nc3ccccc3n2CCCCCB(O)O)cc1.Nc1ccc2c(ccn2CCCCCB(O)O)c1.OB(O)CCCCCn1c(-c2ccc(OC(F)(F)F)cc2)nc2ccccc21.OB(O)CCCCCn1ccc2ccc(Cl)cc21. The summed E-state index contributed by atoms with van der Waals surface area (Å²) in [5.74, 6) is 4.40. The number of imidazole rings is 4. The number of nitrogens with zero attached hydrogens (tertiary/aromatic N) is 10. The number of methoxy groups -OCH3 is 2. The molecule has 0 amide bonds. The van der Waals surface area contributed by atoms with Gasteiger partial charge in [0.2, 0.25) is 11.9 Å². The molecule has 0 fully saturated rings. The highest BCUT2D eigenvalue weighted by atomic mass is 35.5. The zero-order valence-corrected chi connectivity index (χ0v) is 82.4. The molecule has 10 aromatic carbocycles. The highest BCUT2D eigenvalue weighted by Crippen LogP contribution is 2.34. The lowest BCUT2D eigenvalue weighted by Crippen LogP contribution is -2.16. The minimum atomic E-state index is -4.73. The lowest BCUT2D eigenvalue weighted by Gasteiger charge is -2.11. The van der Waals surface area contributed by atoms with Gasteiger partial charge in [-0.1, -0.05) is 149 Å². The average Bonchev–Trinajstić information content (AvgIpc) is 1.60. The van der Waals surface area contributed by atoms with Crippen molar-refractivity contribution in [2.75, 3.05) is 36.8 Å². The van der Waals surface area contributed by atoms with Crippen LogP contribution in [-0.2, 0) is 49.1 Å². The van der Waals surface area contributed by atoms with Gasteiger partial charge in [0, 0.05) is 114 Å². The Morgan fingerprint density at radius 3 is 1.13 bits per heavy atom. The number of benzene rings is 10. The Morgan fingerprint density at radius 1 is 0.350 bits per heavy atom. The van der Waals surface area contributed by atoms with Gasteiger partial charge >= 0.3 is 49.1 Å². The second-order valence-electron chi connectivity index (χ2n) is 34.9. The first-order valence-electron chi connectivity index (χ1n) is 48.4. The minimum absolute atomic E-state index is 0.276. The summed E-state index contributed by atoms with van der Waals surface area (Å²) in [4.78, 5) is 19.1. The largest absolute Gasteiger partial charge is 0.573 e. The molecule has 16 N–H and O–H groups in total. The van der Waals surface area contributed by atoms with Crippen LogP contribution >= 0.6 is 11.6 Å². The number of fused-ring (bicyclic) bond motifs is 6. The van der Waals surface area contributed by atoms with Crippen molar-refractivity contribution < 1.29 is 96.1 Å². The summed E-state index contributed by atoms with van der Waals surface area (Å²) < 4.78 is 87.7. The molecule has 6 heterocycles. The van der Waals surface area contributed by atoms with Crippen molar-refractivity contribution in [2.45, 2.75) is 204 Å². The van der Waals surface area contributed by atoms with Crippen LogP contribution in [0.1, 0.15) is 116 Å². The van der Waals surface area contributed by atoms with Crippen molar-refractivity contribution in [1.29, 1.82) is 0 Å². The topological polar surface area (TPSA) is 436 Å². The molecule has 0 saturated carbocycles. The Kier molecular flexibility index (Phi) is 44.2. The number of nitrogens with one attached hydrogen (secondary N) is 2. The van der Waals surface area contributed by atoms with E-state index in [1.165, 1.54) is 34.7 Å². The van der Waals surface area contributed by atoms with Crippen molar-refractivity contribution in [3.05, 3.63) is 260 Å². The molecular formula is C102H127B6ClF3N13O17S. The Labute approximate surface area is 838 Å². The summed E-state index contributed by atoms with van der Waals surface area (Å²) >= 11 is 6.00. The van der Waals surface area contributed by atoms with Gasteiger partial charge in [-0.25, -0.2) is 28.4 Å². The minimum Gasteiger partial charge on any atom is -0.497 e. The van der Waals surface area contributed by atoms with Crippen LogP contribution in [0, 0.1) is 0 Å². The fraction of sp³-hybridized carbons (Fsp3) is 0.333. The molecule has 16 rings (SSSR count). The zero-order chi connectivity index (χ0) is 102. The molecule has 754 valence electrons. The maximum atomic E-state index is 12.4. The van der Waals surface area contributed by atoms with Crippen molar-refractivity contribution in [1.82, 2.24) is 47.3 Å². The van der Waals surface area contributed by atoms with Gasteiger partial charge in [0.25, 0.3) is 0 Å². The van der Waals surface area contributed by atoms with Crippen LogP contribution in [0.2, 0.25) is 42.9 Å². The van der Waals surface area contributed by atoms with Crippen LogP contribution in [0.3, 0.4) is 0 Å². The Bertz CT molecular complexity index is 6660. The third-order valence-electron chi connectivity index (χ3n) is 23.8. The van der Waals surface area contributed by atoms with Crippen LogP contribution in [0.5, 0.6) is 17.2 Å². The van der Waals surface area contributed by atoms with Gasteiger partial charge in [-0.05, 0) is 258 Å². The number of rotatable bonds is 46. The smallest absolute Gasteiger partial charge is 0.497 e. The number of para-hydroxylation sites is 8. The van der Waals surface area contributed by atoms with E-state index in [0.29, 0.717) is 62.3 Å². The molecule has 0 aliphatic carbocycles. The number of hydrogen-bond acceptors (Lipinski definition) is 24. The Morgan fingerprint density at radius 2 is 0.720 bits per heavy atom. The molecule has 6 aromatic heterocycles. The van der Waals surface area contributed by atoms with E-state index in [2.05, 4.69) is 79.8 Å². The van der Waals surface area contributed by atoms with E-state index in [9.17, 15) is 21.6 Å². The second kappa shape index (κ2) is 56.8. The van der Waals surface area contributed by atoms with Crippen LogP contribution in [0.15, 0.2) is 260 Å². The number of ether oxygens (including phenoxy) is 3. The molecule has 0 radical (unpaired) electrons. The summed E-state index contributed by atoms with van der Waals surface area (Å²) in [5, 5.41) is 116. The number of anilines is 5. The van der Waals surface area contributed by atoms with Crippen molar-refractivity contribution in [2.24, 2.45) is 0 Å². The molecule has 0 saturated heterocycles. The second-order valence-corrected chi connectivity index (χ2v) is 37.4. The summed E-state index contributed by atoms with van der Waals surface area (Å²) in [7, 11) is -7.23. The molecule has 16 aromatic rings. The molecule has 143 heavy (non-hydrogen) atoms. The lowest BCUT2D eigenvalue weighted by molar-refractivity contribution is -0.274. The number of aromatic nitrogens is 10. The zero-order valence-electron chi connectivity index (χ0n) is 80.8. The van der Waals surface area contributed by atoms with Crippen molar-refractivity contribution in [3.8, 4) is 40.0 Å². The number of aryl methyl sites for hydroxylation is 6. The highest BCUT2D eigenvalue weighted by molar-refractivity contribution is 7.90. The lowest BCUT2D eigenvalue weighted by atomic mass is 9.83. The summed E-state index contributed by atoms with van der Waals surface area (Å²) in [6, 6.07) is 75.6. The maximum Gasteiger partial charge on any atom is 0.573 e. The van der Waals surface area contributed by atoms with Gasteiger partial charge in [-0.3, -0.25) is 0 Å². The standard InChI is InChI=1S/C19H20BF3N2O3.2C19H24BN3O3.C19H23BN2O4S.C13H17BClNO2.C13H19BN2O2/c21-19(22,23)28-15-10-8-14(9-11-15)18-24-16-6-2-3-7-17(16)25(18)13-5-1-4-12-20(26)27;1-26-16-9-7-8-15(14-16)21-19-22-17-10-3-4-11-18(17)23(19)13-6-2-5-12-20(24)25;1-26-16-11-9-15(10-12-16)21-19-22-17-7-3-4-8-18(17)23(19)14-6-2-5-13-20(24)25;1-27(25,26)16-11-9-15(10-12-16)19-21-17-7-3-4-8-18(17)22(19)14-6-2-5-13-20(23)24;15-12-5-4-11-6-9-16(13(11)10-12)8-3-1-2-7-14(17)18;15-12-4-5-13-11(10-12)6-9-16(13)8-3-1-2-7-14(17)18/h2-3,6-11,26-27H,1,4-5,12-13H2;3-4,7-11,14,24-25H,2,5-6,12-13H2,1H3,(H,21,22);3-4,7-12,24-25H,2,5-6,13-14H2,1H3,(H,21,22);3-4,7-12,23-24H,2,5-6,13-14H2,1H3;4-6,9-10,17-18H,1-3,7-8H2;4-6,9-10,17-18H,1-3,7-8,15H2. The first kappa shape index (κ1) is 111. The van der Waals surface area contributed by atoms with Crippen LogP contribution in [0.25, 0.3) is 88.7 Å². The van der Waals surface area contributed by atoms with E-state index >= 15 is 0 Å². The van der Waals surface area contributed by atoms with Gasteiger partial charge in [-0.2, -0.15) is 0 Å². The predicted molar refractivity (Wildman–Crippen MR) is 569 cm³/mol. The van der Waals surface area contributed by atoms with E-state index in [1.807, 2.05) is 174 Å². The monoisotopic (exact) mass is 2000 g/mol. The van der Waals surface area contributed by atoms with Crippen molar-refractivity contribution in [3.63, 3.8) is 0 Å². The first-order valence-corrected chi connectivity index (χ1v) is 50.7. The van der Waals surface area contributed by atoms with Crippen LogP contribution in [0.4, 0.5) is 42.1 Å². The number of hydrogen-bond donors (Lipinski definition) is 15. The summed E-state index contributed by atoms with van der Waals surface area (Å²) in [6.07, 6.45) is 19.1. The van der Waals surface area contributed by atoms with E-state index in [-0.39, 0.29) is 10.6 Å². The first-order chi connectivity index (χ1) is 68.9. The van der Waals surface area contributed by atoms with Gasteiger partial charge < -0.3 is 118 Å². The summed E-state index contributed by atoms with van der Waals surface area (Å²) in [5.41, 5.74) is 20.1. The highest BCUT2D eigenvalue weighted by Gasteiger charge is 2.31. The van der Waals surface area contributed by atoms with Gasteiger partial charge in [-0.15, -0.1) is 13.2 Å². The number of nitrogens with two attached hydrogens (primary N) is 1. The van der Waals surface area contributed by atoms with Crippen molar-refractivity contribution >= 4 is 159 Å². The van der Waals surface area contributed by atoms with E-state index in [1.54, 1.807) is 50.6 Å². The van der Waals surface area contributed by atoms with Gasteiger partial charge in [0.1, 0.15) is 28.9 Å². The molecule has 0 bridgehead atoms. The molecule has 0 aliphatic rings. The predicted octanol–water partition coefficient (Wildman–Crippen LogP) is 18.7. The molecule has 41 heteroatoms. The molecule has 30 nitrogen and oxygen atoms in total.